The van der Waals surface area contributed by atoms with Crippen LogP contribution in [0.4, 0.5) is 4.79 Å². The molecule has 10 heteroatoms. The summed E-state index contributed by atoms with van der Waals surface area (Å²) in [4.78, 5) is 56.9. The zero-order valence-electron chi connectivity index (χ0n) is 11.4. The van der Waals surface area contributed by atoms with Gasteiger partial charge in [0.2, 0.25) is 11.8 Å². The maximum absolute atomic E-state index is 11.4. The van der Waals surface area contributed by atoms with Crippen LogP contribution >= 0.6 is 11.8 Å². The highest BCUT2D eigenvalue weighted by atomic mass is 32.2. The number of nitrogens with zero attached hydrogens (tertiary/aromatic N) is 1. The first kappa shape index (κ1) is 17.0. The summed E-state index contributed by atoms with van der Waals surface area (Å²) < 4.78 is 0. The van der Waals surface area contributed by atoms with E-state index in [2.05, 4.69) is 16.0 Å². The largest absolute Gasteiger partial charge is 0.355 e. The number of carbonyl (C=O) groups is 5. The van der Waals surface area contributed by atoms with Gasteiger partial charge in [0.15, 0.2) is 0 Å². The molecule has 1 aliphatic heterocycles. The van der Waals surface area contributed by atoms with Crippen molar-refractivity contribution in [2.45, 2.75) is 6.92 Å². The van der Waals surface area contributed by atoms with Gasteiger partial charge in [0.1, 0.15) is 0 Å². The number of hydrogen-bond donors (Lipinski definition) is 3. The summed E-state index contributed by atoms with van der Waals surface area (Å²) in [5.41, 5.74) is 0. The van der Waals surface area contributed by atoms with Gasteiger partial charge in [-0.25, -0.2) is 0 Å². The molecule has 1 aliphatic rings. The van der Waals surface area contributed by atoms with Gasteiger partial charge in [-0.3, -0.25) is 28.9 Å². The van der Waals surface area contributed by atoms with Crippen molar-refractivity contribution in [1.29, 1.82) is 0 Å². The molecule has 0 atom stereocenters. The van der Waals surface area contributed by atoms with Crippen LogP contribution in [-0.2, 0) is 19.2 Å². The van der Waals surface area contributed by atoms with Crippen molar-refractivity contribution in [3.05, 3.63) is 0 Å². The van der Waals surface area contributed by atoms with E-state index in [1.165, 1.54) is 6.92 Å². The van der Waals surface area contributed by atoms with Crippen molar-refractivity contribution in [3.63, 3.8) is 0 Å². The Hall–Kier alpha value is -2.10. The van der Waals surface area contributed by atoms with Crippen molar-refractivity contribution in [3.8, 4) is 0 Å². The Bertz CT molecular complexity index is 452. The Morgan fingerprint density at radius 1 is 1.05 bits per heavy atom. The third kappa shape index (κ3) is 5.81. The van der Waals surface area contributed by atoms with Crippen LogP contribution in [0.2, 0.25) is 0 Å². The zero-order chi connectivity index (χ0) is 15.8. The molecule has 1 rings (SSSR count). The van der Waals surface area contributed by atoms with Gasteiger partial charge < -0.3 is 16.0 Å². The molecule has 0 aromatic heterocycles. The normalized spacial score (nSPS) is 14.0. The van der Waals surface area contributed by atoms with E-state index in [4.69, 9.17) is 0 Å². The fraction of sp³-hybridized carbons (Fsp3) is 0.545. The predicted octanol–water partition coefficient (Wildman–Crippen LogP) is -1.95. The fourth-order valence-electron chi connectivity index (χ4n) is 1.45. The summed E-state index contributed by atoms with van der Waals surface area (Å²) >= 11 is 0.905. The van der Waals surface area contributed by atoms with E-state index in [0.717, 1.165) is 16.7 Å². The van der Waals surface area contributed by atoms with E-state index in [-0.39, 0.29) is 49.0 Å². The third-order valence-corrected chi connectivity index (χ3v) is 3.31. The lowest BCUT2D eigenvalue weighted by Crippen LogP contribution is -2.45. The van der Waals surface area contributed by atoms with Crippen LogP contribution in [0.25, 0.3) is 0 Å². The predicted molar refractivity (Wildman–Crippen MR) is 74.3 cm³/mol. The zero-order valence-corrected chi connectivity index (χ0v) is 12.2. The average Bonchev–Trinajstić information content (AvgIpc) is 2.74. The number of hydrogen-bond acceptors (Lipinski definition) is 6. The van der Waals surface area contributed by atoms with Crippen molar-refractivity contribution >= 4 is 40.6 Å². The van der Waals surface area contributed by atoms with Crippen LogP contribution in [0, 0.1) is 0 Å². The minimum atomic E-state index is -0.857. The van der Waals surface area contributed by atoms with Gasteiger partial charge in [-0.15, -0.1) is 0 Å². The van der Waals surface area contributed by atoms with Crippen molar-refractivity contribution in [2.75, 3.05) is 31.9 Å². The van der Waals surface area contributed by atoms with E-state index in [0.29, 0.717) is 0 Å². The second kappa shape index (κ2) is 8.25. The highest BCUT2D eigenvalue weighted by Gasteiger charge is 2.29. The summed E-state index contributed by atoms with van der Waals surface area (Å²) in [6.07, 6.45) is 0. The molecular formula is C11H16N4O5S. The lowest BCUT2D eigenvalue weighted by atomic mass is 10.4. The molecule has 3 N–H and O–H groups in total. The molecule has 9 nitrogen and oxygen atoms in total. The molecule has 0 saturated carbocycles. The van der Waals surface area contributed by atoms with E-state index in [9.17, 15) is 24.0 Å². The number of carbonyl (C=O) groups excluding carboxylic acids is 5. The summed E-state index contributed by atoms with van der Waals surface area (Å²) in [6, 6.07) is 0. The SMILES string of the molecule is CC(=O)NCCNC(=O)C(=O)NCCN1C(=O)CSC1=O. The summed E-state index contributed by atoms with van der Waals surface area (Å²) in [7, 11) is 0. The van der Waals surface area contributed by atoms with E-state index in [1.54, 1.807) is 0 Å². The highest BCUT2D eigenvalue weighted by Crippen LogP contribution is 2.17. The Morgan fingerprint density at radius 2 is 1.62 bits per heavy atom. The molecule has 0 bridgehead atoms. The third-order valence-electron chi connectivity index (χ3n) is 2.45. The second-order valence-electron chi connectivity index (χ2n) is 4.09. The lowest BCUT2D eigenvalue weighted by molar-refractivity contribution is -0.139. The second-order valence-corrected chi connectivity index (χ2v) is 5.02. The molecule has 0 aliphatic carbocycles. The van der Waals surface area contributed by atoms with Gasteiger partial charge in [0.05, 0.1) is 5.75 Å². The first-order valence-electron chi connectivity index (χ1n) is 6.19. The molecule has 5 amide bonds. The molecule has 0 radical (unpaired) electrons. The van der Waals surface area contributed by atoms with Crippen LogP contribution in [0.5, 0.6) is 0 Å². The Balaban J connectivity index is 2.18. The Labute approximate surface area is 125 Å². The molecule has 0 unspecified atom stereocenters. The van der Waals surface area contributed by atoms with Gasteiger partial charge in [-0.2, -0.15) is 0 Å². The van der Waals surface area contributed by atoms with Gasteiger partial charge in [0.25, 0.3) is 5.24 Å². The Morgan fingerprint density at radius 3 is 2.14 bits per heavy atom. The lowest BCUT2D eigenvalue weighted by Gasteiger charge is -2.13. The first-order valence-corrected chi connectivity index (χ1v) is 7.18. The van der Waals surface area contributed by atoms with Crippen molar-refractivity contribution in [2.24, 2.45) is 0 Å². The maximum atomic E-state index is 11.4. The molecule has 116 valence electrons. The minimum Gasteiger partial charge on any atom is -0.355 e. The summed E-state index contributed by atoms with van der Waals surface area (Å²) in [5.74, 6) is -2.12. The standard InChI is InChI=1S/C11H16N4O5S/c1-7(16)12-2-3-13-9(18)10(19)14-4-5-15-8(17)6-21-11(15)20/h2-6H2,1H3,(H,12,16)(H,13,18)(H,14,19). The maximum Gasteiger partial charge on any atom is 0.309 e. The summed E-state index contributed by atoms with van der Waals surface area (Å²) in [6.45, 7) is 1.74. The molecular weight excluding hydrogens is 300 g/mol. The van der Waals surface area contributed by atoms with E-state index < -0.39 is 11.8 Å². The van der Waals surface area contributed by atoms with Crippen molar-refractivity contribution < 1.29 is 24.0 Å². The van der Waals surface area contributed by atoms with Crippen LogP contribution in [0.15, 0.2) is 0 Å². The van der Waals surface area contributed by atoms with Gasteiger partial charge in [-0.1, -0.05) is 11.8 Å². The number of amides is 5. The van der Waals surface area contributed by atoms with Crippen LogP contribution in [-0.4, -0.2) is 65.7 Å². The number of nitrogens with one attached hydrogen (secondary N) is 3. The average molecular weight is 316 g/mol. The smallest absolute Gasteiger partial charge is 0.309 e. The van der Waals surface area contributed by atoms with Gasteiger partial charge >= 0.3 is 11.8 Å². The molecule has 0 aromatic rings. The highest BCUT2D eigenvalue weighted by molar-refractivity contribution is 8.14. The van der Waals surface area contributed by atoms with Gasteiger partial charge in [-0.05, 0) is 0 Å². The number of imide groups is 1. The number of rotatable bonds is 6. The molecule has 21 heavy (non-hydrogen) atoms. The van der Waals surface area contributed by atoms with E-state index >= 15 is 0 Å². The molecule has 1 heterocycles. The topological polar surface area (TPSA) is 125 Å². The van der Waals surface area contributed by atoms with E-state index in [1.807, 2.05) is 0 Å². The fourth-order valence-corrected chi connectivity index (χ4v) is 2.21. The van der Waals surface area contributed by atoms with Crippen LogP contribution in [0.3, 0.4) is 0 Å². The van der Waals surface area contributed by atoms with Crippen LogP contribution < -0.4 is 16.0 Å². The molecule has 1 fully saturated rings. The number of thioether (sulfide) groups is 1. The Kier molecular flexibility index (Phi) is 6.66. The quantitative estimate of drug-likeness (QED) is 0.386. The first-order chi connectivity index (χ1) is 9.91. The molecule has 0 aromatic carbocycles. The van der Waals surface area contributed by atoms with Crippen LogP contribution in [0.1, 0.15) is 6.92 Å². The molecule has 0 spiro atoms. The molecule has 1 saturated heterocycles. The van der Waals surface area contributed by atoms with Gasteiger partial charge in [0, 0.05) is 33.1 Å². The monoisotopic (exact) mass is 316 g/mol. The summed E-state index contributed by atoms with van der Waals surface area (Å²) in [5, 5.41) is 6.73. The minimum absolute atomic E-state index is 0.00991. The van der Waals surface area contributed by atoms with Crippen molar-refractivity contribution in [1.82, 2.24) is 20.9 Å².